The Balaban J connectivity index is 2.55. The third-order valence-electron chi connectivity index (χ3n) is 2.47. The smallest absolute Gasteiger partial charge is 0.265 e. The molecule has 0 unspecified atom stereocenters. The molecule has 0 saturated carbocycles. The molecule has 2 heterocycles. The molecule has 0 amide bonds. The predicted octanol–water partition coefficient (Wildman–Crippen LogP) is 1.56. The number of aryl methyl sites for hydroxylation is 1. The molecule has 96 valence electrons. The Kier molecular flexibility index (Phi) is 3.93. The number of halogens is 1. The summed E-state index contributed by atoms with van der Waals surface area (Å²) >= 11 is 3.21. The molecule has 2 aromatic rings. The summed E-state index contributed by atoms with van der Waals surface area (Å²) in [4.78, 5) is 18.9. The maximum absolute atomic E-state index is 11.8. The van der Waals surface area contributed by atoms with Gasteiger partial charge in [-0.15, -0.1) is 0 Å². The first kappa shape index (κ1) is 13.0. The Labute approximate surface area is 112 Å². The molecular formula is C11H13BrN4O2. The van der Waals surface area contributed by atoms with Gasteiger partial charge in [0.15, 0.2) is 5.82 Å². The van der Waals surface area contributed by atoms with Crippen LogP contribution in [0.4, 0.5) is 0 Å². The van der Waals surface area contributed by atoms with Gasteiger partial charge in [0.1, 0.15) is 10.2 Å². The van der Waals surface area contributed by atoms with Crippen LogP contribution < -0.4 is 5.56 Å². The van der Waals surface area contributed by atoms with Crippen molar-refractivity contribution in [2.75, 3.05) is 7.11 Å². The first-order valence-corrected chi connectivity index (χ1v) is 6.26. The summed E-state index contributed by atoms with van der Waals surface area (Å²) in [6.07, 6.45) is 1.68. The number of hydrogen-bond donors (Lipinski definition) is 1. The molecule has 0 radical (unpaired) electrons. The SMILES string of the molecule is CCn1nccc1-c1nc(COC)c(Br)c(=O)[nH]1. The second-order valence-electron chi connectivity index (χ2n) is 3.64. The highest BCUT2D eigenvalue weighted by molar-refractivity contribution is 9.10. The van der Waals surface area contributed by atoms with Crippen molar-refractivity contribution >= 4 is 15.9 Å². The van der Waals surface area contributed by atoms with E-state index in [1.165, 1.54) is 0 Å². The summed E-state index contributed by atoms with van der Waals surface area (Å²) in [7, 11) is 1.56. The molecule has 0 spiro atoms. The predicted molar refractivity (Wildman–Crippen MR) is 70.2 cm³/mol. The van der Waals surface area contributed by atoms with Crippen LogP contribution in [0.5, 0.6) is 0 Å². The molecule has 6 nitrogen and oxygen atoms in total. The Hall–Kier alpha value is -1.47. The van der Waals surface area contributed by atoms with Crippen LogP contribution in [0, 0.1) is 0 Å². The number of aromatic nitrogens is 4. The van der Waals surface area contributed by atoms with Crippen LogP contribution in [0.2, 0.25) is 0 Å². The molecule has 0 saturated heterocycles. The lowest BCUT2D eigenvalue weighted by molar-refractivity contribution is 0.180. The van der Waals surface area contributed by atoms with Gasteiger partial charge >= 0.3 is 0 Å². The zero-order valence-electron chi connectivity index (χ0n) is 10.1. The van der Waals surface area contributed by atoms with E-state index < -0.39 is 0 Å². The molecule has 0 fully saturated rings. The van der Waals surface area contributed by atoms with E-state index >= 15 is 0 Å². The van der Waals surface area contributed by atoms with Crippen molar-refractivity contribution in [3.63, 3.8) is 0 Å². The fourth-order valence-corrected chi connectivity index (χ4v) is 1.95. The zero-order valence-corrected chi connectivity index (χ0v) is 11.7. The third-order valence-corrected chi connectivity index (χ3v) is 3.29. The van der Waals surface area contributed by atoms with Crippen molar-refractivity contribution in [3.05, 3.63) is 32.8 Å². The molecule has 1 N–H and O–H groups in total. The van der Waals surface area contributed by atoms with E-state index in [2.05, 4.69) is 31.0 Å². The van der Waals surface area contributed by atoms with E-state index in [1.807, 2.05) is 13.0 Å². The average molecular weight is 313 g/mol. The van der Waals surface area contributed by atoms with E-state index in [9.17, 15) is 4.79 Å². The fourth-order valence-electron chi connectivity index (χ4n) is 1.64. The maximum Gasteiger partial charge on any atom is 0.265 e. The highest BCUT2D eigenvalue weighted by Gasteiger charge is 2.12. The number of H-pyrrole nitrogens is 1. The minimum atomic E-state index is -0.226. The third kappa shape index (κ3) is 2.37. The van der Waals surface area contributed by atoms with Gasteiger partial charge in [0.05, 0.1) is 12.3 Å². The minimum absolute atomic E-state index is 0.226. The van der Waals surface area contributed by atoms with Crippen LogP contribution in [0.1, 0.15) is 12.6 Å². The summed E-state index contributed by atoms with van der Waals surface area (Å²) in [6, 6.07) is 1.81. The number of rotatable bonds is 4. The van der Waals surface area contributed by atoms with Crippen molar-refractivity contribution in [3.8, 4) is 11.5 Å². The van der Waals surface area contributed by atoms with Gasteiger partial charge in [-0.3, -0.25) is 9.48 Å². The monoisotopic (exact) mass is 312 g/mol. The molecule has 0 atom stereocenters. The lowest BCUT2D eigenvalue weighted by atomic mass is 10.3. The van der Waals surface area contributed by atoms with Crippen LogP contribution in [0.25, 0.3) is 11.5 Å². The van der Waals surface area contributed by atoms with E-state index in [1.54, 1.807) is 18.0 Å². The van der Waals surface area contributed by atoms with Gasteiger partial charge in [-0.05, 0) is 28.9 Å². The molecule has 7 heteroatoms. The van der Waals surface area contributed by atoms with Gasteiger partial charge in [-0.25, -0.2) is 4.98 Å². The molecule has 0 bridgehead atoms. The summed E-state index contributed by atoms with van der Waals surface area (Å²) in [6.45, 7) is 2.96. The Morgan fingerprint density at radius 1 is 1.56 bits per heavy atom. The van der Waals surface area contributed by atoms with Gasteiger partial charge in [0.2, 0.25) is 0 Å². The van der Waals surface area contributed by atoms with Gasteiger partial charge in [0, 0.05) is 19.9 Å². The minimum Gasteiger partial charge on any atom is -0.378 e. The van der Waals surface area contributed by atoms with E-state index in [0.717, 1.165) is 5.69 Å². The standard InChI is InChI=1S/C11H13BrN4O2/c1-3-16-8(4-5-13-16)10-14-7(6-18-2)9(12)11(17)15-10/h4-5H,3,6H2,1-2H3,(H,14,15,17). The molecule has 0 aliphatic rings. The van der Waals surface area contributed by atoms with Crippen LogP contribution in [0.3, 0.4) is 0 Å². The highest BCUT2D eigenvalue weighted by atomic mass is 79.9. The highest BCUT2D eigenvalue weighted by Crippen LogP contribution is 2.17. The molecule has 18 heavy (non-hydrogen) atoms. The lowest BCUT2D eigenvalue weighted by Crippen LogP contribution is -2.15. The number of ether oxygens (including phenoxy) is 1. The topological polar surface area (TPSA) is 72.8 Å². The fraction of sp³-hybridized carbons (Fsp3) is 0.364. The summed E-state index contributed by atoms with van der Waals surface area (Å²) in [5.74, 6) is 0.495. The van der Waals surface area contributed by atoms with Crippen molar-refractivity contribution in [1.29, 1.82) is 0 Å². The second-order valence-corrected chi connectivity index (χ2v) is 4.43. The quantitative estimate of drug-likeness (QED) is 0.930. The van der Waals surface area contributed by atoms with Crippen molar-refractivity contribution in [2.45, 2.75) is 20.1 Å². The zero-order chi connectivity index (χ0) is 13.1. The summed E-state index contributed by atoms with van der Waals surface area (Å²) in [5.41, 5.74) is 1.12. The largest absolute Gasteiger partial charge is 0.378 e. The molecule has 2 rings (SSSR count). The molecular weight excluding hydrogens is 300 g/mol. The van der Waals surface area contributed by atoms with Crippen molar-refractivity contribution in [1.82, 2.24) is 19.7 Å². The number of aromatic amines is 1. The van der Waals surface area contributed by atoms with Crippen LogP contribution in [-0.2, 0) is 17.9 Å². The Bertz CT molecular complexity index is 605. The van der Waals surface area contributed by atoms with Gasteiger partial charge in [-0.2, -0.15) is 5.10 Å². The average Bonchev–Trinajstić information content (AvgIpc) is 2.83. The normalized spacial score (nSPS) is 10.8. The molecule has 0 aliphatic heterocycles. The lowest BCUT2D eigenvalue weighted by Gasteiger charge is -2.07. The number of nitrogens with zero attached hydrogens (tertiary/aromatic N) is 3. The van der Waals surface area contributed by atoms with Gasteiger partial charge in [-0.1, -0.05) is 0 Å². The summed E-state index contributed by atoms with van der Waals surface area (Å²) < 4.78 is 7.19. The Morgan fingerprint density at radius 2 is 2.33 bits per heavy atom. The number of methoxy groups -OCH3 is 1. The van der Waals surface area contributed by atoms with Crippen molar-refractivity contribution in [2.24, 2.45) is 0 Å². The summed E-state index contributed by atoms with van der Waals surface area (Å²) in [5, 5.41) is 4.15. The number of nitrogens with one attached hydrogen (secondary N) is 1. The Morgan fingerprint density at radius 3 is 3.00 bits per heavy atom. The number of hydrogen-bond acceptors (Lipinski definition) is 4. The van der Waals surface area contributed by atoms with Crippen LogP contribution in [0.15, 0.2) is 21.5 Å². The van der Waals surface area contributed by atoms with E-state index in [4.69, 9.17) is 4.74 Å². The van der Waals surface area contributed by atoms with Crippen LogP contribution in [-0.4, -0.2) is 26.9 Å². The molecule has 2 aromatic heterocycles. The maximum atomic E-state index is 11.8. The van der Waals surface area contributed by atoms with E-state index in [0.29, 0.717) is 22.5 Å². The molecule has 0 aliphatic carbocycles. The van der Waals surface area contributed by atoms with Gasteiger partial charge in [0.25, 0.3) is 5.56 Å². The van der Waals surface area contributed by atoms with Crippen molar-refractivity contribution < 1.29 is 4.74 Å². The van der Waals surface area contributed by atoms with E-state index in [-0.39, 0.29) is 12.2 Å². The van der Waals surface area contributed by atoms with Crippen LogP contribution >= 0.6 is 15.9 Å². The van der Waals surface area contributed by atoms with Gasteiger partial charge < -0.3 is 9.72 Å². The first-order chi connectivity index (χ1) is 8.67. The second kappa shape index (κ2) is 5.45. The first-order valence-electron chi connectivity index (χ1n) is 5.47. The molecule has 0 aromatic carbocycles.